The first-order valence-corrected chi connectivity index (χ1v) is 11.5. The Labute approximate surface area is 187 Å². The van der Waals surface area contributed by atoms with E-state index in [1.165, 1.54) is 16.7 Å². The van der Waals surface area contributed by atoms with E-state index in [4.69, 9.17) is 4.74 Å². The fourth-order valence-corrected chi connectivity index (χ4v) is 3.92. The van der Waals surface area contributed by atoms with E-state index in [0.29, 0.717) is 6.10 Å². The summed E-state index contributed by atoms with van der Waals surface area (Å²) in [5.41, 5.74) is 3.95. The Morgan fingerprint density at radius 1 is 1.13 bits per heavy atom. The van der Waals surface area contributed by atoms with Crippen LogP contribution in [-0.4, -0.2) is 61.8 Å². The molecule has 0 aliphatic carbocycles. The van der Waals surface area contributed by atoms with Crippen molar-refractivity contribution in [3.63, 3.8) is 0 Å². The SMILES string of the molecule is CN=C(NCCCOC1CCN(Cc2ccccc2)CC1)NCCc1ccncc1C. The van der Waals surface area contributed by atoms with Crippen LogP contribution in [0.25, 0.3) is 0 Å². The molecular weight excluding hydrogens is 386 g/mol. The average molecular weight is 424 g/mol. The van der Waals surface area contributed by atoms with Gasteiger partial charge in [-0.2, -0.15) is 0 Å². The fraction of sp³-hybridized carbons (Fsp3) is 0.520. The van der Waals surface area contributed by atoms with Crippen LogP contribution in [0.5, 0.6) is 0 Å². The van der Waals surface area contributed by atoms with Crippen LogP contribution in [0.3, 0.4) is 0 Å². The summed E-state index contributed by atoms with van der Waals surface area (Å²) in [5, 5.41) is 6.76. The highest BCUT2D eigenvalue weighted by Gasteiger charge is 2.19. The molecule has 0 radical (unpaired) electrons. The second-order valence-corrected chi connectivity index (χ2v) is 8.16. The molecular formula is C25H37N5O. The lowest BCUT2D eigenvalue weighted by Gasteiger charge is -2.32. The molecule has 2 aromatic rings. The Balaban J connectivity index is 1.22. The van der Waals surface area contributed by atoms with Gasteiger partial charge in [0.05, 0.1) is 6.10 Å². The van der Waals surface area contributed by atoms with E-state index in [0.717, 1.165) is 71.0 Å². The summed E-state index contributed by atoms with van der Waals surface area (Å²) in [6.07, 6.45) is 8.34. The first-order chi connectivity index (χ1) is 15.2. The minimum absolute atomic E-state index is 0.396. The van der Waals surface area contributed by atoms with Gasteiger partial charge in [-0.3, -0.25) is 14.9 Å². The lowest BCUT2D eigenvalue weighted by atomic mass is 10.1. The summed E-state index contributed by atoms with van der Waals surface area (Å²) >= 11 is 0. The van der Waals surface area contributed by atoms with Gasteiger partial charge in [-0.15, -0.1) is 0 Å². The number of nitrogens with one attached hydrogen (secondary N) is 2. The number of hydrogen-bond acceptors (Lipinski definition) is 4. The van der Waals surface area contributed by atoms with Crippen LogP contribution < -0.4 is 10.6 Å². The summed E-state index contributed by atoms with van der Waals surface area (Å²) in [4.78, 5) is 11.0. The molecule has 0 spiro atoms. The largest absolute Gasteiger partial charge is 0.378 e. The molecule has 1 aromatic heterocycles. The minimum Gasteiger partial charge on any atom is -0.378 e. The molecule has 6 nitrogen and oxygen atoms in total. The van der Waals surface area contributed by atoms with E-state index in [1.807, 2.05) is 19.4 Å². The van der Waals surface area contributed by atoms with Gasteiger partial charge < -0.3 is 15.4 Å². The van der Waals surface area contributed by atoms with Crippen molar-refractivity contribution in [1.29, 1.82) is 0 Å². The van der Waals surface area contributed by atoms with Gasteiger partial charge in [0.25, 0.3) is 0 Å². The molecule has 1 aromatic carbocycles. The molecule has 1 aliphatic rings. The van der Waals surface area contributed by atoms with Crippen molar-refractivity contribution >= 4 is 5.96 Å². The van der Waals surface area contributed by atoms with Gasteiger partial charge in [-0.25, -0.2) is 0 Å². The monoisotopic (exact) mass is 423 g/mol. The number of benzene rings is 1. The van der Waals surface area contributed by atoms with E-state index in [9.17, 15) is 0 Å². The molecule has 1 saturated heterocycles. The van der Waals surface area contributed by atoms with Gasteiger partial charge in [0.2, 0.25) is 0 Å². The first kappa shape index (κ1) is 23.2. The highest BCUT2D eigenvalue weighted by atomic mass is 16.5. The third-order valence-corrected chi connectivity index (χ3v) is 5.80. The van der Waals surface area contributed by atoms with Crippen molar-refractivity contribution in [2.24, 2.45) is 4.99 Å². The van der Waals surface area contributed by atoms with Crippen molar-refractivity contribution in [3.05, 3.63) is 65.5 Å². The Hall–Kier alpha value is -2.44. The van der Waals surface area contributed by atoms with Gasteiger partial charge in [0.15, 0.2) is 5.96 Å². The maximum absolute atomic E-state index is 6.12. The lowest BCUT2D eigenvalue weighted by molar-refractivity contribution is 0.00534. The fourth-order valence-electron chi connectivity index (χ4n) is 3.92. The van der Waals surface area contributed by atoms with Crippen molar-refractivity contribution < 1.29 is 4.74 Å². The van der Waals surface area contributed by atoms with Crippen LogP contribution in [0.2, 0.25) is 0 Å². The average Bonchev–Trinajstić information content (AvgIpc) is 2.80. The van der Waals surface area contributed by atoms with Crippen LogP contribution in [0.15, 0.2) is 53.8 Å². The smallest absolute Gasteiger partial charge is 0.190 e. The number of piperidine rings is 1. The van der Waals surface area contributed by atoms with E-state index in [-0.39, 0.29) is 0 Å². The van der Waals surface area contributed by atoms with Gasteiger partial charge in [0.1, 0.15) is 0 Å². The highest BCUT2D eigenvalue weighted by Crippen LogP contribution is 2.16. The van der Waals surface area contributed by atoms with Gasteiger partial charge in [0, 0.05) is 58.8 Å². The maximum Gasteiger partial charge on any atom is 0.190 e. The first-order valence-electron chi connectivity index (χ1n) is 11.5. The van der Waals surface area contributed by atoms with Crippen molar-refractivity contribution in [2.75, 3.05) is 39.8 Å². The van der Waals surface area contributed by atoms with Crippen LogP contribution in [0.1, 0.15) is 36.0 Å². The second-order valence-electron chi connectivity index (χ2n) is 8.16. The number of aliphatic imine (C=N–C) groups is 1. The second kappa shape index (κ2) is 13.1. The molecule has 1 fully saturated rings. The molecule has 2 heterocycles. The highest BCUT2D eigenvalue weighted by molar-refractivity contribution is 5.79. The molecule has 3 rings (SSSR count). The molecule has 1 aliphatic heterocycles. The molecule has 0 unspecified atom stereocenters. The number of likely N-dealkylation sites (tertiary alicyclic amines) is 1. The lowest BCUT2D eigenvalue weighted by Crippen LogP contribution is -2.39. The summed E-state index contributed by atoms with van der Waals surface area (Å²) < 4.78 is 6.12. The number of guanidine groups is 1. The van der Waals surface area contributed by atoms with Gasteiger partial charge in [-0.05, 0) is 55.4 Å². The summed E-state index contributed by atoms with van der Waals surface area (Å²) in [7, 11) is 1.81. The molecule has 31 heavy (non-hydrogen) atoms. The zero-order valence-electron chi connectivity index (χ0n) is 19.0. The number of hydrogen-bond donors (Lipinski definition) is 2. The zero-order valence-corrected chi connectivity index (χ0v) is 19.0. The molecule has 0 bridgehead atoms. The minimum atomic E-state index is 0.396. The zero-order chi connectivity index (χ0) is 21.7. The molecule has 0 amide bonds. The van der Waals surface area contributed by atoms with Crippen LogP contribution in [0, 0.1) is 6.92 Å². The summed E-state index contributed by atoms with van der Waals surface area (Å²) in [5.74, 6) is 0.848. The number of ether oxygens (including phenoxy) is 1. The molecule has 168 valence electrons. The number of nitrogens with zero attached hydrogens (tertiary/aromatic N) is 3. The number of rotatable bonds is 10. The molecule has 2 N–H and O–H groups in total. The Morgan fingerprint density at radius 3 is 2.65 bits per heavy atom. The van der Waals surface area contributed by atoms with Crippen molar-refractivity contribution in [1.82, 2.24) is 20.5 Å². The Kier molecular flexibility index (Phi) is 9.80. The molecule has 6 heteroatoms. The maximum atomic E-state index is 6.12. The molecule has 0 atom stereocenters. The number of aromatic nitrogens is 1. The standard InChI is InChI=1S/C25H37N5O/c1-21-19-27-14-9-23(21)10-15-29-25(26-2)28-13-6-18-31-24-11-16-30(17-12-24)20-22-7-4-3-5-8-22/h3-5,7-9,14,19,24H,6,10-13,15-18,20H2,1-2H3,(H2,26,28,29). The van der Waals surface area contributed by atoms with E-state index >= 15 is 0 Å². The van der Waals surface area contributed by atoms with Crippen molar-refractivity contribution in [3.8, 4) is 0 Å². The Morgan fingerprint density at radius 2 is 1.90 bits per heavy atom. The van der Waals surface area contributed by atoms with E-state index in [2.05, 4.69) is 68.8 Å². The van der Waals surface area contributed by atoms with E-state index < -0.39 is 0 Å². The number of pyridine rings is 1. The predicted octanol–water partition coefficient (Wildman–Crippen LogP) is 3.17. The topological polar surface area (TPSA) is 61.8 Å². The normalized spacial score (nSPS) is 15.7. The number of aryl methyl sites for hydroxylation is 1. The summed E-state index contributed by atoms with van der Waals surface area (Å²) in [6.45, 7) is 7.89. The third-order valence-electron chi connectivity index (χ3n) is 5.80. The van der Waals surface area contributed by atoms with Gasteiger partial charge >= 0.3 is 0 Å². The van der Waals surface area contributed by atoms with Crippen LogP contribution in [0.4, 0.5) is 0 Å². The van der Waals surface area contributed by atoms with Crippen LogP contribution in [-0.2, 0) is 17.7 Å². The van der Waals surface area contributed by atoms with E-state index in [1.54, 1.807) is 0 Å². The van der Waals surface area contributed by atoms with Gasteiger partial charge in [-0.1, -0.05) is 30.3 Å². The summed E-state index contributed by atoms with van der Waals surface area (Å²) in [6, 6.07) is 12.8. The predicted molar refractivity (Wildman–Crippen MR) is 127 cm³/mol. The van der Waals surface area contributed by atoms with Crippen molar-refractivity contribution in [2.45, 2.75) is 45.3 Å². The van der Waals surface area contributed by atoms with Crippen LogP contribution >= 0.6 is 0 Å². The third kappa shape index (κ3) is 8.31. The Bertz CT molecular complexity index is 788. The molecule has 0 saturated carbocycles. The quantitative estimate of drug-likeness (QED) is 0.349.